The lowest BCUT2D eigenvalue weighted by Crippen LogP contribution is -2.33. The number of ether oxygens (including phenoxy) is 1. The highest BCUT2D eigenvalue weighted by molar-refractivity contribution is 7.13. The normalized spacial score (nSPS) is 30.2. The lowest BCUT2D eigenvalue weighted by molar-refractivity contribution is -0.0531. The summed E-state index contributed by atoms with van der Waals surface area (Å²) in [7, 11) is 1.75. The fourth-order valence-corrected chi connectivity index (χ4v) is 3.24. The van der Waals surface area contributed by atoms with Crippen LogP contribution in [0, 0.1) is 5.92 Å². The van der Waals surface area contributed by atoms with Crippen molar-refractivity contribution < 1.29 is 9.53 Å². The third-order valence-electron chi connectivity index (χ3n) is 3.50. The molecule has 3 nitrogen and oxygen atoms in total. The van der Waals surface area contributed by atoms with Crippen LogP contribution in [0.2, 0.25) is 0 Å². The molecular weight excluding hydrogens is 222 g/mol. The second kappa shape index (κ2) is 4.63. The Kier molecular flexibility index (Phi) is 3.40. The molecule has 0 amide bonds. The molecule has 16 heavy (non-hydrogen) atoms. The summed E-state index contributed by atoms with van der Waals surface area (Å²) >= 11 is 1.46. The molecule has 1 saturated carbocycles. The van der Waals surface area contributed by atoms with Crippen LogP contribution in [0.4, 0.5) is 0 Å². The lowest BCUT2D eigenvalue weighted by Gasteiger charge is -2.36. The number of aldehydes is 1. The minimum atomic E-state index is -0.238. The van der Waals surface area contributed by atoms with E-state index < -0.39 is 0 Å². The third-order valence-corrected chi connectivity index (χ3v) is 4.61. The Morgan fingerprint density at radius 2 is 2.25 bits per heavy atom. The first kappa shape index (κ1) is 11.7. The monoisotopic (exact) mass is 239 g/mol. The Bertz CT molecular complexity index is 367. The molecule has 1 aliphatic rings. The molecule has 1 heterocycles. The first-order valence-electron chi connectivity index (χ1n) is 5.67. The summed E-state index contributed by atoms with van der Waals surface area (Å²) in [4.78, 5) is 15.7. The van der Waals surface area contributed by atoms with Gasteiger partial charge in [-0.2, -0.15) is 0 Å². The number of hydrogen-bond donors (Lipinski definition) is 0. The summed E-state index contributed by atoms with van der Waals surface area (Å²) in [5, 5.41) is 0.962. The molecular formula is C12H17NO2S. The number of nitrogens with zero attached hydrogens (tertiary/aromatic N) is 1. The molecule has 1 fully saturated rings. The standard InChI is InChI=1S/C12H17NO2S/c1-9-3-5-12(15-2,6-4-9)11-13-7-10(8-14)16-11/h7-9H,3-6H2,1-2H3. The Hall–Kier alpha value is -0.740. The van der Waals surface area contributed by atoms with Crippen LogP contribution in [-0.2, 0) is 10.3 Å². The number of carbonyl (C=O) groups is 1. The van der Waals surface area contributed by atoms with Gasteiger partial charge in [-0.1, -0.05) is 6.92 Å². The minimum Gasteiger partial charge on any atom is -0.371 e. The van der Waals surface area contributed by atoms with Crippen LogP contribution in [0.15, 0.2) is 6.20 Å². The molecule has 2 rings (SSSR count). The number of methoxy groups -OCH3 is 1. The van der Waals surface area contributed by atoms with Gasteiger partial charge in [-0.05, 0) is 31.6 Å². The summed E-state index contributed by atoms with van der Waals surface area (Å²) in [5.41, 5.74) is -0.238. The molecule has 1 aliphatic carbocycles. The average Bonchev–Trinajstić information content (AvgIpc) is 2.80. The van der Waals surface area contributed by atoms with E-state index in [1.807, 2.05) is 0 Å². The molecule has 0 bridgehead atoms. The molecule has 1 aromatic heterocycles. The van der Waals surface area contributed by atoms with Gasteiger partial charge in [-0.15, -0.1) is 11.3 Å². The van der Waals surface area contributed by atoms with Gasteiger partial charge in [-0.3, -0.25) is 4.79 Å². The minimum absolute atomic E-state index is 0.238. The van der Waals surface area contributed by atoms with Crippen LogP contribution in [0.3, 0.4) is 0 Å². The van der Waals surface area contributed by atoms with Crippen molar-refractivity contribution in [3.63, 3.8) is 0 Å². The zero-order valence-corrected chi connectivity index (χ0v) is 10.5. The van der Waals surface area contributed by atoms with Crippen molar-refractivity contribution >= 4 is 17.6 Å². The first-order valence-corrected chi connectivity index (χ1v) is 6.48. The van der Waals surface area contributed by atoms with Gasteiger partial charge in [-0.25, -0.2) is 4.98 Å². The molecule has 1 aromatic rings. The van der Waals surface area contributed by atoms with Gasteiger partial charge in [0.05, 0.1) is 4.88 Å². The SMILES string of the molecule is COC1(c2ncc(C=O)s2)CCC(C)CC1. The Labute approximate surface area is 99.8 Å². The average molecular weight is 239 g/mol. The summed E-state index contributed by atoms with van der Waals surface area (Å²) < 4.78 is 5.70. The van der Waals surface area contributed by atoms with E-state index in [4.69, 9.17) is 4.74 Å². The first-order chi connectivity index (χ1) is 7.70. The van der Waals surface area contributed by atoms with E-state index in [0.29, 0.717) is 4.88 Å². The maximum absolute atomic E-state index is 10.7. The fourth-order valence-electron chi connectivity index (χ4n) is 2.29. The van der Waals surface area contributed by atoms with Crippen LogP contribution in [0.1, 0.15) is 47.3 Å². The predicted octanol–water partition coefficient (Wildman–Crippen LogP) is 3.01. The molecule has 0 radical (unpaired) electrons. The van der Waals surface area contributed by atoms with E-state index in [9.17, 15) is 4.79 Å². The van der Waals surface area contributed by atoms with E-state index in [1.165, 1.54) is 24.2 Å². The number of carbonyl (C=O) groups excluding carboxylic acids is 1. The highest BCUT2D eigenvalue weighted by atomic mass is 32.1. The largest absolute Gasteiger partial charge is 0.371 e. The highest BCUT2D eigenvalue weighted by Crippen LogP contribution is 2.43. The van der Waals surface area contributed by atoms with Gasteiger partial charge < -0.3 is 4.74 Å². The van der Waals surface area contributed by atoms with Crippen LogP contribution in [0.5, 0.6) is 0 Å². The molecule has 0 aromatic carbocycles. The van der Waals surface area contributed by atoms with Crippen molar-refractivity contribution in [3.8, 4) is 0 Å². The number of hydrogen-bond acceptors (Lipinski definition) is 4. The summed E-state index contributed by atoms with van der Waals surface area (Å²) in [6, 6.07) is 0. The second-order valence-electron chi connectivity index (χ2n) is 4.57. The van der Waals surface area contributed by atoms with Gasteiger partial charge in [0.2, 0.25) is 0 Å². The number of rotatable bonds is 3. The van der Waals surface area contributed by atoms with Crippen molar-refractivity contribution in [2.75, 3.05) is 7.11 Å². The number of aromatic nitrogens is 1. The van der Waals surface area contributed by atoms with E-state index in [2.05, 4.69) is 11.9 Å². The van der Waals surface area contributed by atoms with Crippen LogP contribution in [-0.4, -0.2) is 18.4 Å². The molecule has 4 heteroatoms. The topological polar surface area (TPSA) is 39.2 Å². The maximum atomic E-state index is 10.7. The molecule has 0 atom stereocenters. The highest BCUT2D eigenvalue weighted by Gasteiger charge is 2.38. The van der Waals surface area contributed by atoms with Gasteiger partial charge in [0, 0.05) is 13.3 Å². The van der Waals surface area contributed by atoms with Crippen molar-refractivity contribution in [2.24, 2.45) is 5.92 Å². The Morgan fingerprint density at radius 1 is 1.56 bits per heavy atom. The van der Waals surface area contributed by atoms with E-state index >= 15 is 0 Å². The quantitative estimate of drug-likeness (QED) is 0.761. The van der Waals surface area contributed by atoms with Gasteiger partial charge in [0.25, 0.3) is 0 Å². The van der Waals surface area contributed by atoms with Crippen molar-refractivity contribution in [1.29, 1.82) is 0 Å². The maximum Gasteiger partial charge on any atom is 0.161 e. The van der Waals surface area contributed by atoms with Gasteiger partial charge in [0.1, 0.15) is 10.6 Å². The van der Waals surface area contributed by atoms with Crippen molar-refractivity contribution in [1.82, 2.24) is 4.98 Å². The predicted molar refractivity (Wildman–Crippen MR) is 63.8 cm³/mol. The van der Waals surface area contributed by atoms with E-state index in [0.717, 1.165) is 30.1 Å². The van der Waals surface area contributed by atoms with Gasteiger partial charge >= 0.3 is 0 Å². The van der Waals surface area contributed by atoms with Crippen molar-refractivity contribution in [2.45, 2.75) is 38.2 Å². The van der Waals surface area contributed by atoms with Crippen LogP contribution in [0.25, 0.3) is 0 Å². The van der Waals surface area contributed by atoms with Crippen molar-refractivity contribution in [3.05, 3.63) is 16.1 Å². The fraction of sp³-hybridized carbons (Fsp3) is 0.667. The molecule has 0 saturated heterocycles. The summed E-state index contributed by atoms with van der Waals surface area (Å²) in [5.74, 6) is 0.772. The molecule has 0 spiro atoms. The smallest absolute Gasteiger partial charge is 0.161 e. The molecule has 88 valence electrons. The Morgan fingerprint density at radius 3 is 2.75 bits per heavy atom. The van der Waals surface area contributed by atoms with E-state index in [-0.39, 0.29) is 5.60 Å². The zero-order chi connectivity index (χ0) is 11.6. The van der Waals surface area contributed by atoms with Gasteiger partial charge in [0.15, 0.2) is 6.29 Å². The zero-order valence-electron chi connectivity index (χ0n) is 9.73. The second-order valence-corrected chi connectivity index (χ2v) is 5.63. The summed E-state index contributed by atoms with van der Waals surface area (Å²) in [6.07, 6.45) is 6.86. The molecule has 0 N–H and O–H groups in total. The van der Waals surface area contributed by atoms with Crippen LogP contribution < -0.4 is 0 Å². The number of thiazole rings is 1. The third kappa shape index (κ3) is 2.04. The van der Waals surface area contributed by atoms with E-state index in [1.54, 1.807) is 13.3 Å². The Balaban J connectivity index is 2.23. The summed E-state index contributed by atoms with van der Waals surface area (Å²) in [6.45, 7) is 2.28. The lowest BCUT2D eigenvalue weighted by atomic mass is 9.80. The van der Waals surface area contributed by atoms with Crippen LogP contribution >= 0.6 is 11.3 Å². The molecule has 0 unspecified atom stereocenters. The molecule has 0 aliphatic heterocycles.